The number of aliphatic hydroxyl groups excluding tert-OH is 1. The summed E-state index contributed by atoms with van der Waals surface area (Å²) in [6, 6.07) is 7.27. The molecule has 0 atom stereocenters. The number of amides is 1. The van der Waals surface area contributed by atoms with Crippen LogP contribution in [0.5, 0.6) is 0 Å². The van der Waals surface area contributed by atoms with Crippen LogP contribution in [0.25, 0.3) is 0 Å². The van der Waals surface area contributed by atoms with Gasteiger partial charge in [0.1, 0.15) is 5.76 Å². The highest BCUT2D eigenvalue weighted by molar-refractivity contribution is 5.94. The molecular formula is C13H15NO2. The summed E-state index contributed by atoms with van der Waals surface area (Å²) in [5, 5.41) is 11.9. The van der Waals surface area contributed by atoms with Crippen molar-refractivity contribution in [2.75, 3.05) is 6.54 Å². The van der Waals surface area contributed by atoms with E-state index >= 15 is 0 Å². The van der Waals surface area contributed by atoms with Crippen molar-refractivity contribution in [1.82, 2.24) is 5.32 Å². The van der Waals surface area contributed by atoms with E-state index in [4.69, 9.17) is 0 Å². The monoisotopic (exact) mass is 217 g/mol. The number of aliphatic hydroxyl groups is 1. The van der Waals surface area contributed by atoms with E-state index in [0.717, 1.165) is 5.56 Å². The van der Waals surface area contributed by atoms with Crippen molar-refractivity contribution in [2.45, 2.75) is 6.92 Å². The van der Waals surface area contributed by atoms with E-state index in [2.05, 4.69) is 11.9 Å². The van der Waals surface area contributed by atoms with Gasteiger partial charge >= 0.3 is 0 Å². The quantitative estimate of drug-likeness (QED) is 0.600. The molecule has 0 radical (unpaired) electrons. The highest BCUT2D eigenvalue weighted by Crippen LogP contribution is 2.03. The van der Waals surface area contributed by atoms with Gasteiger partial charge < -0.3 is 10.4 Å². The van der Waals surface area contributed by atoms with Crippen LogP contribution < -0.4 is 5.32 Å². The van der Waals surface area contributed by atoms with E-state index in [1.54, 1.807) is 12.1 Å². The molecule has 0 saturated heterocycles. The first-order valence-electron chi connectivity index (χ1n) is 4.99. The van der Waals surface area contributed by atoms with Crippen LogP contribution in [0.1, 0.15) is 15.9 Å². The number of aryl methyl sites for hydroxylation is 1. The summed E-state index contributed by atoms with van der Waals surface area (Å²) in [5.41, 5.74) is 1.62. The number of allylic oxidation sites excluding steroid dienone is 2. The molecule has 1 rings (SSSR count). The minimum absolute atomic E-state index is 0.0796. The Morgan fingerprint density at radius 2 is 2.31 bits per heavy atom. The fourth-order valence-electron chi connectivity index (χ4n) is 1.25. The van der Waals surface area contributed by atoms with Gasteiger partial charge in [0, 0.05) is 5.56 Å². The zero-order chi connectivity index (χ0) is 12.0. The fourth-order valence-corrected chi connectivity index (χ4v) is 1.25. The average molecular weight is 217 g/mol. The van der Waals surface area contributed by atoms with E-state index < -0.39 is 0 Å². The summed E-state index contributed by atoms with van der Waals surface area (Å²) in [5.74, 6) is -0.122. The highest BCUT2D eigenvalue weighted by Gasteiger charge is 2.04. The predicted molar refractivity (Wildman–Crippen MR) is 64.4 cm³/mol. The summed E-state index contributed by atoms with van der Waals surface area (Å²) >= 11 is 0. The third-order valence-electron chi connectivity index (χ3n) is 2.02. The van der Waals surface area contributed by atoms with Crippen molar-refractivity contribution in [2.24, 2.45) is 0 Å². The van der Waals surface area contributed by atoms with Gasteiger partial charge in [-0.15, -0.1) is 0 Å². The molecular weight excluding hydrogens is 202 g/mol. The number of carbonyl (C=O) groups is 1. The molecule has 0 bridgehead atoms. The topological polar surface area (TPSA) is 49.3 Å². The van der Waals surface area contributed by atoms with Gasteiger partial charge in [-0.3, -0.25) is 4.79 Å². The van der Waals surface area contributed by atoms with Crippen molar-refractivity contribution in [3.05, 3.63) is 59.9 Å². The Labute approximate surface area is 95.1 Å². The molecule has 0 aliphatic heterocycles. The molecule has 0 aliphatic rings. The van der Waals surface area contributed by atoms with Crippen molar-refractivity contribution in [1.29, 1.82) is 0 Å². The van der Waals surface area contributed by atoms with E-state index in [9.17, 15) is 9.90 Å². The van der Waals surface area contributed by atoms with Gasteiger partial charge in [-0.1, -0.05) is 30.4 Å². The van der Waals surface area contributed by atoms with Crippen LogP contribution in [0.2, 0.25) is 0 Å². The molecule has 0 unspecified atom stereocenters. The van der Waals surface area contributed by atoms with Gasteiger partial charge in [0.25, 0.3) is 5.91 Å². The smallest absolute Gasteiger partial charge is 0.251 e. The second-order valence-electron chi connectivity index (χ2n) is 3.45. The van der Waals surface area contributed by atoms with Gasteiger partial charge in [-0.05, 0) is 25.1 Å². The summed E-state index contributed by atoms with van der Waals surface area (Å²) in [4.78, 5) is 11.6. The number of benzene rings is 1. The first kappa shape index (κ1) is 12.0. The molecule has 0 spiro atoms. The Kier molecular flexibility index (Phi) is 4.33. The van der Waals surface area contributed by atoms with Gasteiger partial charge in [0.05, 0.1) is 6.54 Å². The van der Waals surface area contributed by atoms with Crippen LogP contribution in [-0.4, -0.2) is 17.6 Å². The summed E-state index contributed by atoms with van der Waals surface area (Å²) in [7, 11) is 0. The molecule has 16 heavy (non-hydrogen) atoms. The number of carbonyl (C=O) groups excluding carboxylic acids is 1. The van der Waals surface area contributed by atoms with Crippen LogP contribution >= 0.6 is 0 Å². The van der Waals surface area contributed by atoms with Crippen LogP contribution in [-0.2, 0) is 0 Å². The Morgan fingerprint density at radius 3 is 2.94 bits per heavy atom. The first-order chi connectivity index (χ1) is 7.63. The first-order valence-corrected chi connectivity index (χ1v) is 4.99. The third kappa shape index (κ3) is 3.61. The molecule has 3 nitrogen and oxygen atoms in total. The lowest BCUT2D eigenvalue weighted by molar-refractivity contribution is 0.0952. The summed E-state index contributed by atoms with van der Waals surface area (Å²) in [6.45, 7) is 5.48. The molecule has 0 fully saturated rings. The van der Waals surface area contributed by atoms with E-state index in [0.29, 0.717) is 5.56 Å². The van der Waals surface area contributed by atoms with Crippen molar-refractivity contribution < 1.29 is 9.90 Å². The van der Waals surface area contributed by atoms with Crippen molar-refractivity contribution in [3.63, 3.8) is 0 Å². The molecule has 1 aromatic carbocycles. The molecule has 0 aromatic heterocycles. The van der Waals surface area contributed by atoms with Crippen LogP contribution in [0.4, 0.5) is 0 Å². The third-order valence-corrected chi connectivity index (χ3v) is 2.02. The highest BCUT2D eigenvalue weighted by atomic mass is 16.3. The lowest BCUT2D eigenvalue weighted by Crippen LogP contribution is -2.25. The SMILES string of the molecule is C=C/C=C(\O)CNC(=O)c1cccc(C)c1. The molecule has 2 N–H and O–H groups in total. The van der Waals surface area contributed by atoms with E-state index in [1.807, 2.05) is 19.1 Å². The Hall–Kier alpha value is -2.03. The fraction of sp³-hybridized carbons (Fsp3) is 0.154. The number of rotatable bonds is 4. The minimum atomic E-state index is -0.201. The van der Waals surface area contributed by atoms with Crippen LogP contribution in [0, 0.1) is 6.92 Å². The van der Waals surface area contributed by atoms with Gasteiger partial charge in [0.2, 0.25) is 0 Å². The zero-order valence-electron chi connectivity index (χ0n) is 9.23. The van der Waals surface area contributed by atoms with Gasteiger partial charge in [-0.25, -0.2) is 0 Å². The maximum absolute atomic E-state index is 11.6. The molecule has 0 aliphatic carbocycles. The molecule has 84 valence electrons. The minimum Gasteiger partial charge on any atom is -0.510 e. The summed E-state index contributed by atoms with van der Waals surface area (Å²) in [6.07, 6.45) is 2.91. The van der Waals surface area contributed by atoms with Gasteiger partial charge in [0.15, 0.2) is 0 Å². The van der Waals surface area contributed by atoms with Crippen molar-refractivity contribution >= 4 is 5.91 Å². The molecule has 1 aromatic rings. The second-order valence-corrected chi connectivity index (χ2v) is 3.45. The number of nitrogens with one attached hydrogen (secondary N) is 1. The molecule has 1 amide bonds. The van der Waals surface area contributed by atoms with Crippen LogP contribution in [0.15, 0.2) is 48.8 Å². The maximum Gasteiger partial charge on any atom is 0.251 e. The lowest BCUT2D eigenvalue weighted by atomic mass is 10.1. The number of hydrogen-bond donors (Lipinski definition) is 2. The Morgan fingerprint density at radius 1 is 1.56 bits per heavy atom. The van der Waals surface area contributed by atoms with E-state index in [1.165, 1.54) is 12.2 Å². The maximum atomic E-state index is 11.6. The molecule has 3 heteroatoms. The normalized spacial score (nSPS) is 10.9. The lowest BCUT2D eigenvalue weighted by Gasteiger charge is -2.04. The largest absolute Gasteiger partial charge is 0.510 e. The Bertz CT molecular complexity index is 422. The molecule has 0 heterocycles. The summed E-state index contributed by atoms with van der Waals surface area (Å²) < 4.78 is 0. The van der Waals surface area contributed by atoms with Crippen LogP contribution in [0.3, 0.4) is 0 Å². The zero-order valence-corrected chi connectivity index (χ0v) is 9.23. The number of hydrogen-bond acceptors (Lipinski definition) is 2. The standard InChI is InChI=1S/C13H15NO2/c1-3-5-12(15)9-14-13(16)11-7-4-6-10(2)8-11/h3-8,15H,1,9H2,2H3,(H,14,16)/b12-5-. The van der Waals surface area contributed by atoms with Crippen molar-refractivity contribution in [3.8, 4) is 0 Å². The van der Waals surface area contributed by atoms with E-state index in [-0.39, 0.29) is 18.2 Å². The average Bonchev–Trinajstić information content (AvgIpc) is 2.26. The Balaban J connectivity index is 2.60. The second kappa shape index (κ2) is 5.75. The van der Waals surface area contributed by atoms with Gasteiger partial charge in [-0.2, -0.15) is 0 Å². The molecule has 0 saturated carbocycles. The predicted octanol–water partition coefficient (Wildman–Crippen LogP) is 2.35.